The van der Waals surface area contributed by atoms with Crippen LogP contribution in [0, 0.1) is 5.41 Å². The SMILES string of the molecule is COC(=N)c1cc(C(=O)O)n(-c2ncccc2Cl)n1. The van der Waals surface area contributed by atoms with Crippen LogP contribution in [0.25, 0.3) is 5.82 Å². The Morgan fingerprint density at radius 1 is 1.58 bits per heavy atom. The molecule has 2 aromatic rings. The Balaban J connectivity index is 2.62. The van der Waals surface area contributed by atoms with Gasteiger partial charge in [-0.15, -0.1) is 0 Å². The highest BCUT2D eigenvalue weighted by atomic mass is 35.5. The first-order valence-electron chi connectivity index (χ1n) is 5.11. The number of pyridine rings is 1. The van der Waals surface area contributed by atoms with Gasteiger partial charge in [-0.1, -0.05) is 11.6 Å². The van der Waals surface area contributed by atoms with Gasteiger partial charge >= 0.3 is 5.97 Å². The fourth-order valence-corrected chi connectivity index (χ4v) is 1.65. The van der Waals surface area contributed by atoms with E-state index in [0.29, 0.717) is 0 Å². The molecule has 0 unspecified atom stereocenters. The van der Waals surface area contributed by atoms with Crippen LogP contribution in [0.5, 0.6) is 0 Å². The van der Waals surface area contributed by atoms with E-state index in [1.54, 1.807) is 12.1 Å². The summed E-state index contributed by atoms with van der Waals surface area (Å²) < 4.78 is 5.77. The second kappa shape index (κ2) is 5.07. The van der Waals surface area contributed by atoms with Crippen LogP contribution in [0.4, 0.5) is 0 Å². The Morgan fingerprint density at radius 2 is 2.32 bits per heavy atom. The lowest BCUT2D eigenvalue weighted by Crippen LogP contribution is -2.10. The van der Waals surface area contributed by atoms with Gasteiger partial charge < -0.3 is 9.84 Å². The molecule has 2 aromatic heterocycles. The van der Waals surface area contributed by atoms with Gasteiger partial charge in [0.2, 0.25) is 5.90 Å². The van der Waals surface area contributed by atoms with Crippen molar-refractivity contribution in [1.29, 1.82) is 5.41 Å². The normalized spacial score (nSPS) is 10.2. The molecule has 8 heteroatoms. The number of hydrogen-bond acceptors (Lipinski definition) is 5. The summed E-state index contributed by atoms with van der Waals surface area (Å²) in [6.07, 6.45) is 1.47. The molecule has 2 N–H and O–H groups in total. The van der Waals surface area contributed by atoms with E-state index < -0.39 is 5.97 Å². The predicted octanol–water partition coefficient (Wildman–Crippen LogP) is 1.59. The van der Waals surface area contributed by atoms with Crippen LogP contribution in [-0.2, 0) is 4.74 Å². The molecular formula is C11H9ClN4O3. The average Bonchev–Trinajstić information content (AvgIpc) is 2.83. The number of ether oxygens (including phenoxy) is 1. The molecule has 0 spiro atoms. The highest BCUT2D eigenvalue weighted by Crippen LogP contribution is 2.19. The zero-order chi connectivity index (χ0) is 14.0. The molecule has 0 fully saturated rings. The number of carboxylic acids is 1. The number of hydrogen-bond donors (Lipinski definition) is 2. The standard InChI is InChI=1S/C11H9ClN4O3/c1-19-9(13)7-5-8(11(17)18)16(15-7)10-6(12)3-2-4-14-10/h2-5,13H,1H3,(H,17,18). The van der Waals surface area contributed by atoms with Gasteiger partial charge in [-0.2, -0.15) is 5.10 Å². The van der Waals surface area contributed by atoms with Crippen molar-refractivity contribution in [2.75, 3.05) is 7.11 Å². The van der Waals surface area contributed by atoms with Crippen LogP contribution in [0.3, 0.4) is 0 Å². The molecule has 2 heterocycles. The van der Waals surface area contributed by atoms with Crippen molar-refractivity contribution in [3.63, 3.8) is 0 Å². The number of nitrogens with zero attached hydrogens (tertiary/aromatic N) is 3. The molecule has 0 saturated carbocycles. The predicted molar refractivity (Wildman–Crippen MR) is 67.2 cm³/mol. The second-order valence-corrected chi connectivity index (χ2v) is 3.88. The van der Waals surface area contributed by atoms with Crippen molar-refractivity contribution in [2.24, 2.45) is 0 Å². The molecule has 7 nitrogen and oxygen atoms in total. The number of halogens is 1. The zero-order valence-corrected chi connectivity index (χ0v) is 10.5. The summed E-state index contributed by atoms with van der Waals surface area (Å²) >= 11 is 5.96. The minimum atomic E-state index is -1.20. The van der Waals surface area contributed by atoms with Crippen molar-refractivity contribution in [1.82, 2.24) is 14.8 Å². The van der Waals surface area contributed by atoms with E-state index in [0.717, 1.165) is 4.68 Å². The molecule has 0 amide bonds. The number of aromatic carboxylic acids is 1. The van der Waals surface area contributed by atoms with E-state index in [1.165, 1.54) is 19.4 Å². The number of rotatable bonds is 3. The van der Waals surface area contributed by atoms with E-state index >= 15 is 0 Å². The van der Waals surface area contributed by atoms with Gasteiger partial charge in [-0.3, -0.25) is 5.41 Å². The van der Waals surface area contributed by atoms with Crippen LogP contribution < -0.4 is 0 Å². The molecule has 2 rings (SSSR count). The summed E-state index contributed by atoms with van der Waals surface area (Å²) in [4.78, 5) is 15.2. The fraction of sp³-hybridized carbons (Fsp3) is 0.0909. The van der Waals surface area contributed by atoms with Crippen LogP contribution in [0.15, 0.2) is 24.4 Å². The van der Waals surface area contributed by atoms with Crippen molar-refractivity contribution < 1.29 is 14.6 Å². The van der Waals surface area contributed by atoms with E-state index in [4.69, 9.17) is 26.9 Å². The topological polar surface area (TPSA) is 101 Å². The molecule has 19 heavy (non-hydrogen) atoms. The van der Waals surface area contributed by atoms with Gasteiger partial charge in [-0.05, 0) is 12.1 Å². The van der Waals surface area contributed by atoms with Crippen LogP contribution in [0.1, 0.15) is 16.2 Å². The van der Waals surface area contributed by atoms with Gasteiger partial charge in [0.15, 0.2) is 11.5 Å². The summed E-state index contributed by atoms with van der Waals surface area (Å²) in [5.41, 5.74) is -0.0704. The molecule has 0 atom stereocenters. The highest BCUT2D eigenvalue weighted by Gasteiger charge is 2.20. The summed E-state index contributed by atoms with van der Waals surface area (Å²) in [5.74, 6) is -1.27. The Kier molecular flexibility index (Phi) is 3.48. The largest absolute Gasteiger partial charge is 0.480 e. The third-order valence-corrected chi connectivity index (χ3v) is 2.60. The molecule has 0 aliphatic rings. The lowest BCUT2D eigenvalue weighted by molar-refractivity contribution is 0.0687. The van der Waals surface area contributed by atoms with E-state index in [9.17, 15) is 4.79 Å². The fourth-order valence-electron chi connectivity index (χ4n) is 1.44. The quantitative estimate of drug-likeness (QED) is 0.657. The minimum Gasteiger partial charge on any atom is -0.480 e. The van der Waals surface area contributed by atoms with Gasteiger partial charge in [-0.25, -0.2) is 14.5 Å². The first-order valence-corrected chi connectivity index (χ1v) is 5.49. The maximum Gasteiger partial charge on any atom is 0.354 e. The van der Waals surface area contributed by atoms with Gasteiger partial charge in [0.1, 0.15) is 5.69 Å². The Morgan fingerprint density at radius 3 is 2.89 bits per heavy atom. The summed E-state index contributed by atoms with van der Waals surface area (Å²) in [6, 6.07) is 4.41. The van der Waals surface area contributed by atoms with Gasteiger partial charge in [0.25, 0.3) is 0 Å². The highest BCUT2D eigenvalue weighted by molar-refractivity contribution is 6.32. The maximum atomic E-state index is 11.2. The molecular weight excluding hydrogens is 272 g/mol. The molecule has 98 valence electrons. The smallest absolute Gasteiger partial charge is 0.354 e. The number of carbonyl (C=O) groups is 1. The monoisotopic (exact) mass is 280 g/mol. The summed E-state index contributed by atoms with van der Waals surface area (Å²) in [6.45, 7) is 0. The zero-order valence-electron chi connectivity index (χ0n) is 9.79. The van der Waals surface area contributed by atoms with E-state index in [1.807, 2.05) is 0 Å². The summed E-state index contributed by atoms with van der Waals surface area (Å²) in [7, 11) is 1.30. The molecule has 0 bridgehead atoms. The molecule has 0 aliphatic heterocycles. The average molecular weight is 281 g/mol. The molecule has 0 aromatic carbocycles. The van der Waals surface area contributed by atoms with Crippen molar-refractivity contribution in [3.05, 3.63) is 40.8 Å². The van der Waals surface area contributed by atoms with Crippen LogP contribution in [0.2, 0.25) is 5.02 Å². The number of carboxylic acid groups (broad SMARTS) is 1. The lowest BCUT2D eigenvalue weighted by atomic mass is 10.3. The van der Waals surface area contributed by atoms with Crippen LogP contribution >= 0.6 is 11.6 Å². The molecule has 0 radical (unpaired) electrons. The van der Waals surface area contributed by atoms with Gasteiger partial charge in [0.05, 0.1) is 12.1 Å². The van der Waals surface area contributed by atoms with Crippen molar-refractivity contribution >= 4 is 23.5 Å². The third kappa shape index (κ3) is 2.41. The molecule has 0 aliphatic carbocycles. The summed E-state index contributed by atoms with van der Waals surface area (Å²) in [5, 5.41) is 20.9. The van der Waals surface area contributed by atoms with E-state index in [-0.39, 0.29) is 28.1 Å². The first-order chi connectivity index (χ1) is 9.04. The molecule has 0 saturated heterocycles. The Bertz CT molecular complexity index is 653. The van der Waals surface area contributed by atoms with E-state index in [2.05, 4.69) is 10.1 Å². The Hall–Kier alpha value is -2.41. The van der Waals surface area contributed by atoms with Crippen molar-refractivity contribution in [2.45, 2.75) is 0 Å². The Labute approximate surface area is 112 Å². The first kappa shape index (κ1) is 13.0. The second-order valence-electron chi connectivity index (χ2n) is 3.47. The minimum absolute atomic E-state index is 0.0848. The van der Waals surface area contributed by atoms with Gasteiger partial charge in [0, 0.05) is 12.3 Å². The number of aromatic nitrogens is 3. The maximum absolute atomic E-state index is 11.2. The number of methoxy groups -OCH3 is 1. The van der Waals surface area contributed by atoms with Crippen molar-refractivity contribution in [3.8, 4) is 5.82 Å². The third-order valence-electron chi connectivity index (χ3n) is 2.30. The lowest BCUT2D eigenvalue weighted by Gasteiger charge is -2.04. The van der Waals surface area contributed by atoms with Crippen LogP contribution in [-0.4, -0.2) is 38.8 Å². The number of nitrogens with one attached hydrogen (secondary N) is 1.